The molecule has 0 unspecified atom stereocenters. The second kappa shape index (κ2) is 7.37. The number of halogens is 4. The van der Waals surface area contributed by atoms with Crippen LogP contribution in [-0.2, 0) is 7.05 Å². The molecule has 106 valence electrons. The number of nitrogens with zero attached hydrogens (tertiary/aromatic N) is 3. The molecule has 0 aliphatic carbocycles. The maximum Gasteiger partial charge on any atom is 0.673 e. The van der Waals surface area contributed by atoms with E-state index in [9.17, 15) is 17.3 Å². The van der Waals surface area contributed by atoms with Crippen molar-refractivity contribution in [1.29, 1.82) is 0 Å². The quantitative estimate of drug-likeness (QED) is 0.342. The van der Waals surface area contributed by atoms with Crippen LogP contribution in [0.5, 0.6) is 0 Å². The van der Waals surface area contributed by atoms with Crippen LogP contribution in [0.25, 0.3) is 0 Å². The Morgan fingerprint density at radius 1 is 0.850 bits per heavy atom. The second-order valence-electron chi connectivity index (χ2n) is 3.70. The summed E-state index contributed by atoms with van der Waals surface area (Å²) >= 11 is 0. The molecule has 0 saturated carbocycles. The van der Waals surface area contributed by atoms with E-state index < -0.39 is 7.25 Å². The fourth-order valence-electron chi connectivity index (χ4n) is 1.22. The standard InChI is InChI=1S/C12H12N3.BF4/c1-15-10-6-5-9-12(15)14-13-11-7-3-2-4-8-11;2-1(3,4)5/h2-10H,1H3;/q+1;-1. The number of benzene rings is 1. The van der Waals surface area contributed by atoms with Crippen LogP contribution in [0.4, 0.5) is 28.8 Å². The summed E-state index contributed by atoms with van der Waals surface area (Å²) in [6, 6.07) is 15.5. The molecule has 3 nitrogen and oxygen atoms in total. The Kier molecular flexibility index (Phi) is 5.83. The highest BCUT2D eigenvalue weighted by atomic mass is 19.5. The minimum Gasteiger partial charge on any atom is -0.418 e. The fourth-order valence-corrected chi connectivity index (χ4v) is 1.22. The molecule has 2 aromatic rings. The van der Waals surface area contributed by atoms with Gasteiger partial charge in [-0.15, -0.1) is 0 Å². The van der Waals surface area contributed by atoms with E-state index in [1.807, 2.05) is 66.3 Å². The van der Waals surface area contributed by atoms with Gasteiger partial charge in [0.05, 0.1) is 18.4 Å². The molecule has 1 aromatic carbocycles. The molecule has 0 spiro atoms. The Morgan fingerprint density at radius 2 is 1.40 bits per heavy atom. The van der Waals surface area contributed by atoms with Crippen LogP contribution in [0.3, 0.4) is 0 Å². The molecule has 0 aliphatic rings. The largest absolute Gasteiger partial charge is 0.673 e. The van der Waals surface area contributed by atoms with Gasteiger partial charge in [0.1, 0.15) is 5.69 Å². The Morgan fingerprint density at radius 3 is 1.95 bits per heavy atom. The number of rotatable bonds is 2. The first kappa shape index (κ1) is 15.8. The Hall–Kier alpha value is -2.25. The first-order valence-corrected chi connectivity index (χ1v) is 5.65. The Bertz CT molecular complexity index is 552. The van der Waals surface area contributed by atoms with Crippen molar-refractivity contribution >= 4 is 18.8 Å². The lowest BCUT2D eigenvalue weighted by Crippen LogP contribution is -2.26. The third-order valence-electron chi connectivity index (χ3n) is 2.05. The lowest BCUT2D eigenvalue weighted by Gasteiger charge is -1.94. The molecular weight excluding hydrogens is 273 g/mol. The lowest BCUT2D eigenvalue weighted by atomic mass is 10.3. The van der Waals surface area contributed by atoms with Crippen LogP contribution in [-0.4, -0.2) is 7.25 Å². The summed E-state index contributed by atoms with van der Waals surface area (Å²) in [6.07, 6.45) is 1.94. The van der Waals surface area contributed by atoms with Crippen molar-refractivity contribution < 1.29 is 21.8 Å². The van der Waals surface area contributed by atoms with Crippen molar-refractivity contribution in [2.75, 3.05) is 0 Å². The number of aryl methyl sites for hydroxylation is 1. The SMILES string of the molecule is C[n+]1ccccc1N=Nc1ccccc1.F[B-](F)(F)F. The third-order valence-corrected chi connectivity index (χ3v) is 2.05. The van der Waals surface area contributed by atoms with Gasteiger partial charge in [-0.2, -0.15) is 0 Å². The summed E-state index contributed by atoms with van der Waals surface area (Å²) in [6.45, 7) is 0. The molecule has 1 aromatic heterocycles. The summed E-state index contributed by atoms with van der Waals surface area (Å²) in [4.78, 5) is 0. The number of hydrogen-bond acceptors (Lipinski definition) is 2. The highest BCUT2D eigenvalue weighted by Gasteiger charge is 2.20. The van der Waals surface area contributed by atoms with E-state index in [1.54, 1.807) is 0 Å². The van der Waals surface area contributed by atoms with Gasteiger partial charge in [-0.05, 0) is 23.3 Å². The third kappa shape index (κ3) is 7.25. The van der Waals surface area contributed by atoms with Gasteiger partial charge in [0.2, 0.25) is 0 Å². The average molecular weight is 285 g/mol. The summed E-state index contributed by atoms with van der Waals surface area (Å²) in [5.74, 6) is 0.835. The van der Waals surface area contributed by atoms with E-state index in [2.05, 4.69) is 10.2 Å². The number of azo groups is 1. The smallest absolute Gasteiger partial charge is 0.418 e. The molecule has 0 saturated heterocycles. The first-order chi connectivity index (χ1) is 9.36. The molecule has 0 atom stereocenters. The van der Waals surface area contributed by atoms with Gasteiger partial charge in [0, 0.05) is 6.07 Å². The highest BCUT2D eigenvalue weighted by Crippen LogP contribution is 2.13. The van der Waals surface area contributed by atoms with E-state index in [-0.39, 0.29) is 0 Å². The number of aromatic nitrogens is 1. The average Bonchev–Trinajstić information content (AvgIpc) is 2.37. The van der Waals surface area contributed by atoms with Gasteiger partial charge >= 0.3 is 13.1 Å². The van der Waals surface area contributed by atoms with Crippen molar-refractivity contribution in [2.45, 2.75) is 0 Å². The van der Waals surface area contributed by atoms with E-state index in [1.165, 1.54) is 0 Å². The van der Waals surface area contributed by atoms with Crippen LogP contribution < -0.4 is 4.57 Å². The van der Waals surface area contributed by atoms with Crippen LogP contribution in [0, 0.1) is 0 Å². The van der Waals surface area contributed by atoms with Gasteiger partial charge in [-0.1, -0.05) is 24.3 Å². The maximum absolute atomic E-state index is 9.75. The van der Waals surface area contributed by atoms with Crippen LogP contribution in [0.15, 0.2) is 65.0 Å². The Balaban J connectivity index is 0.000000347. The topological polar surface area (TPSA) is 28.6 Å². The Labute approximate surface area is 113 Å². The molecular formula is C12H12BF4N3. The monoisotopic (exact) mass is 285 g/mol. The molecule has 0 amide bonds. The normalized spacial score (nSPS) is 11.1. The van der Waals surface area contributed by atoms with Crippen molar-refractivity contribution in [1.82, 2.24) is 0 Å². The van der Waals surface area contributed by atoms with Gasteiger partial charge < -0.3 is 17.3 Å². The zero-order valence-electron chi connectivity index (χ0n) is 10.6. The van der Waals surface area contributed by atoms with Crippen LogP contribution >= 0.6 is 0 Å². The van der Waals surface area contributed by atoms with Gasteiger partial charge in [0.15, 0.2) is 0 Å². The van der Waals surface area contributed by atoms with Crippen LogP contribution in [0.1, 0.15) is 0 Å². The molecule has 0 fully saturated rings. The predicted octanol–water partition coefficient (Wildman–Crippen LogP) is 4.23. The maximum atomic E-state index is 9.75. The molecule has 0 bridgehead atoms. The lowest BCUT2D eigenvalue weighted by molar-refractivity contribution is -0.658. The van der Waals surface area contributed by atoms with Crippen molar-refractivity contribution in [3.63, 3.8) is 0 Å². The van der Waals surface area contributed by atoms with E-state index in [4.69, 9.17) is 0 Å². The number of hydrogen-bond donors (Lipinski definition) is 0. The summed E-state index contributed by atoms with van der Waals surface area (Å²) in [5.41, 5.74) is 0.862. The summed E-state index contributed by atoms with van der Waals surface area (Å²) in [7, 11) is -4.06. The zero-order chi connectivity index (χ0) is 15.0. The number of pyridine rings is 1. The van der Waals surface area contributed by atoms with Crippen molar-refractivity contribution in [3.05, 3.63) is 54.7 Å². The zero-order valence-corrected chi connectivity index (χ0v) is 10.6. The second-order valence-corrected chi connectivity index (χ2v) is 3.70. The molecule has 2 rings (SSSR count). The minimum absolute atomic E-state index is 0.835. The predicted molar refractivity (Wildman–Crippen MR) is 68.4 cm³/mol. The molecule has 0 radical (unpaired) electrons. The molecule has 8 heteroatoms. The van der Waals surface area contributed by atoms with E-state index in [0.717, 1.165) is 11.5 Å². The van der Waals surface area contributed by atoms with E-state index in [0.29, 0.717) is 0 Å². The highest BCUT2D eigenvalue weighted by molar-refractivity contribution is 6.50. The molecule has 0 N–H and O–H groups in total. The molecule has 0 aliphatic heterocycles. The molecule has 1 heterocycles. The summed E-state index contributed by atoms with van der Waals surface area (Å²) < 4.78 is 40.9. The summed E-state index contributed by atoms with van der Waals surface area (Å²) in [5, 5.41) is 8.31. The van der Waals surface area contributed by atoms with Crippen molar-refractivity contribution in [3.8, 4) is 0 Å². The van der Waals surface area contributed by atoms with Crippen LogP contribution in [0.2, 0.25) is 0 Å². The van der Waals surface area contributed by atoms with Crippen molar-refractivity contribution in [2.24, 2.45) is 17.3 Å². The van der Waals surface area contributed by atoms with Gasteiger partial charge in [-0.3, -0.25) is 0 Å². The van der Waals surface area contributed by atoms with Gasteiger partial charge in [-0.25, -0.2) is 4.57 Å². The minimum atomic E-state index is -6.00. The van der Waals surface area contributed by atoms with E-state index >= 15 is 0 Å². The fraction of sp³-hybridized carbons (Fsp3) is 0.0833. The molecule has 20 heavy (non-hydrogen) atoms. The van der Waals surface area contributed by atoms with Gasteiger partial charge in [0.25, 0.3) is 0 Å². The first-order valence-electron chi connectivity index (χ1n) is 5.65.